The number of nitrogens with two attached hydrogens (primary N) is 2. The number of carbonyl (C=O) groups excluding carboxylic acids is 2. The monoisotopic (exact) mass is 604 g/mol. The molecule has 1 spiro atoms. The third-order valence-electron chi connectivity index (χ3n) is 8.67. The number of aliphatic imine (C=N–C) groups is 1. The van der Waals surface area contributed by atoms with E-state index in [-0.39, 0.29) is 5.91 Å². The van der Waals surface area contributed by atoms with Gasteiger partial charge in [0.1, 0.15) is 11.4 Å². The number of anilines is 1. The van der Waals surface area contributed by atoms with Gasteiger partial charge in [0.05, 0.1) is 0 Å². The Bertz CT molecular complexity index is 1220. The molecule has 2 aliphatic rings. The van der Waals surface area contributed by atoms with E-state index in [1.165, 1.54) is 55.1 Å². The summed E-state index contributed by atoms with van der Waals surface area (Å²) in [5, 5.41) is 4.37. The fraction of sp³-hybridized carbons (Fsp3) is 0.645. The first-order valence-electron chi connectivity index (χ1n) is 15.3. The molecule has 2 aliphatic heterocycles. The lowest BCUT2D eigenvalue weighted by Crippen LogP contribution is -2.56. The van der Waals surface area contributed by atoms with Crippen molar-refractivity contribution in [1.29, 1.82) is 0 Å². The van der Waals surface area contributed by atoms with Gasteiger partial charge in [0.2, 0.25) is 0 Å². The molecule has 0 saturated carbocycles. The maximum atomic E-state index is 13.9. The zero-order chi connectivity index (χ0) is 31.0. The molecule has 0 unspecified atom stereocenters. The van der Waals surface area contributed by atoms with Crippen molar-refractivity contribution in [1.82, 2.24) is 9.62 Å². The largest absolute Gasteiger partial charge is 0.351 e. The molecule has 11 heteroatoms. The van der Waals surface area contributed by atoms with Crippen LogP contribution in [0.1, 0.15) is 93.7 Å². The van der Waals surface area contributed by atoms with E-state index in [9.17, 15) is 18.4 Å². The Morgan fingerprint density at radius 3 is 2.12 bits per heavy atom. The van der Waals surface area contributed by atoms with Gasteiger partial charge < -0.3 is 16.8 Å². The van der Waals surface area contributed by atoms with E-state index in [2.05, 4.69) is 5.32 Å². The number of primary amides is 1. The average Bonchev–Trinajstić information content (AvgIpc) is 3.22. The van der Waals surface area contributed by atoms with Crippen LogP contribution in [-0.4, -0.2) is 69.3 Å². The SMILES string of the molecule is Cc1cc(N(C)C(N)=O)cc(C)c1/C=C/S(C)(=O)(O)N1CCC2(CC1)N=C(CCCCCCCCCCCN)NC2=O. The Morgan fingerprint density at radius 2 is 1.60 bits per heavy atom. The number of unbranched alkanes of at least 4 members (excludes halogenated alkanes) is 8. The zero-order valence-corrected chi connectivity index (χ0v) is 26.8. The Hall–Kier alpha value is -2.60. The van der Waals surface area contributed by atoms with Gasteiger partial charge >= 0.3 is 6.03 Å². The number of benzene rings is 1. The highest BCUT2D eigenvalue weighted by atomic mass is 32.3. The fourth-order valence-electron chi connectivity index (χ4n) is 5.86. The number of urea groups is 1. The lowest BCUT2D eigenvalue weighted by molar-refractivity contribution is -0.125. The standard InChI is InChI=1S/C31H52N6O4S/c1-24-22-26(36(3)30(33)39)23-25(2)27(24)15-21-42(4,40,41)37-19-16-31(17-20-37)29(38)34-28(35-31)14-12-10-8-6-5-7-9-11-13-18-32/h15,21-23H,5-14,16-20,32H2,1-4H3,(H2,33,39)(H,40,41)(H,34,35,38)/b21-15+. The van der Waals surface area contributed by atoms with Crippen LogP contribution in [0.5, 0.6) is 0 Å². The molecule has 1 fully saturated rings. The summed E-state index contributed by atoms with van der Waals surface area (Å²) in [6, 6.07) is 3.09. The first-order valence-corrected chi connectivity index (χ1v) is 17.7. The molecule has 3 amide bonds. The average molecular weight is 605 g/mol. The van der Waals surface area contributed by atoms with Crippen LogP contribution >= 0.6 is 0 Å². The van der Waals surface area contributed by atoms with Crippen LogP contribution in [0, 0.1) is 13.8 Å². The van der Waals surface area contributed by atoms with Crippen molar-refractivity contribution < 1.29 is 18.4 Å². The molecular weight excluding hydrogens is 552 g/mol. The smallest absolute Gasteiger partial charge is 0.318 e. The maximum absolute atomic E-state index is 13.9. The third kappa shape index (κ3) is 8.72. The summed E-state index contributed by atoms with van der Waals surface area (Å²) in [7, 11) is -2.70. The third-order valence-corrected chi connectivity index (χ3v) is 11.1. The second kappa shape index (κ2) is 14.2. The molecule has 0 radical (unpaired) electrons. The van der Waals surface area contributed by atoms with Crippen LogP contribution in [0.4, 0.5) is 10.5 Å². The molecule has 1 aromatic carbocycles. The number of hydrogen-bond donors (Lipinski definition) is 4. The normalized spacial score (nSPS) is 18.2. The van der Waals surface area contributed by atoms with Crippen molar-refractivity contribution in [3.63, 3.8) is 0 Å². The van der Waals surface area contributed by atoms with Gasteiger partial charge in [-0.05, 0) is 81.0 Å². The number of nitrogens with one attached hydrogen (secondary N) is 1. The van der Waals surface area contributed by atoms with Crippen LogP contribution in [0.15, 0.2) is 22.5 Å². The minimum Gasteiger partial charge on any atom is -0.351 e. The number of carbonyl (C=O) groups is 2. The van der Waals surface area contributed by atoms with Crippen LogP contribution in [0.3, 0.4) is 0 Å². The fourth-order valence-corrected chi connectivity index (χ4v) is 7.56. The number of piperidine rings is 1. The second-order valence-electron chi connectivity index (χ2n) is 12.2. The van der Waals surface area contributed by atoms with Gasteiger partial charge in [-0.2, -0.15) is 4.21 Å². The first kappa shape index (κ1) is 33.9. The highest BCUT2D eigenvalue weighted by Crippen LogP contribution is 2.37. The summed E-state index contributed by atoms with van der Waals surface area (Å²) in [6.45, 7) is 5.14. The van der Waals surface area contributed by atoms with Gasteiger partial charge in [-0.25, -0.2) is 9.10 Å². The number of hydrogen-bond acceptors (Lipinski definition) is 5. The van der Waals surface area contributed by atoms with Gasteiger partial charge in [0, 0.05) is 43.9 Å². The minimum atomic E-state index is -4.30. The Morgan fingerprint density at radius 1 is 1.07 bits per heavy atom. The van der Waals surface area contributed by atoms with Crippen molar-refractivity contribution in [3.8, 4) is 0 Å². The van der Waals surface area contributed by atoms with Gasteiger partial charge in [-0.3, -0.25) is 19.2 Å². The van der Waals surface area contributed by atoms with Gasteiger partial charge in [-0.1, -0.05) is 44.9 Å². The van der Waals surface area contributed by atoms with Crippen molar-refractivity contribution in [3.05, 3.63) is 34.2 Å². The molecular formula is C31H52N6O4S. The summed E-state index contributed by atoms with van der Waals surface area (Å²) < 4.78 is 26.8. The first-order chi connectivity index (χ1) is 19.8. The number of amidine groups is 1. The van der Waals surface area contributed by atoms with Crippen LogP contribution in [0.25, 0.3) is 6.08 Å². The number of rotatable bonds is 15. The summed E-state index contributed by atoms with van der Waals surface area (Å²) in [5.74, 6) is 0.666. The van der Waals surface area contributed by atoms with E-state index in [4.69, 9.17) is 16.5 Å². The lowest BCUT2D eigenvalue weighted by Gasteiger charge is -2.50. The highest BCUT2D eigenvalue weighted by Gasteiger charge is 2.47. The molecule has 0 atom stereocenters. The molecule has 0 aromatic heterocycles. The maximum Gasteiger partial charge on any atom is 0.318 e. The minimum absolute atomic E-state index is 0.0879. The predicted octanol–water partition coefficient (Wildman–Crippen LogP) is 4.85. The molecule has 0 bridgehead atoms. The topological polar surface area (TPSA) is 154 Å². The van der Waals surface area contributed by atoms with Crippen LogP contribution in [-0.2, 0) is 14.3 Å². The van der Waals surface area contributed by atoms with Crippen molar-refractivity contribution in [2.45, 2.75) is 96.4 Å². The van der Waals surface area contributed by atoms with E-state index in [1.54, 1.807) is 17.4 Å². The van der Waals surface area contributed by atoms with E-state index in [0.29, 0.717) is 31.6 Å². The summed E-state index contributed by atoms with van der Waals surface area (Å²) in [4.78, 5) is 30.7. The highest BCUT2D eigenvalue weighted by molar-refractivity contribution is 8.15. The quantitative estimate of drug-likeness (QED) is 0.211. The zero-order valence-electron chi connectivity index (χ0n) is 26.0. The number of amides is 3. The lowest BCUT2D eigenvalue weighted by atomic mass is 9.89. The number of aryl methyl sites for hydroxylation is 2. The molecule has 6 N–H and O–H groups in total. The predicted molar refractivity (Wildman–Crippen MR) is 174 cm³/mol. The molecule has 0 aliphatic carbocycles. The molecule has 3 rings (SSSR count). The Kier molecular flexibility index (Phi) is 11.5. The Labute approximate surface area is 251 Å². The number of nitrogens with zero attached hydrogens (tertiary/aromatic N) is 3. The van der Waals surface area contributed by atoms with Crippen molar-refractivity contribution >= 4 is 39.1 Å². The summed E-state index contributed by atoms with van der Waals surface area (Å²) in [6.07, 6.45) is 15.3. The van der Waals surface area contributed by atoms with Crippen LogP contribution in [0.2, 0.25) is 0 Å². The molecule has 10 nitrogen and oxygen atoms in total. The summed E-state index contributed by atoms with van der Waals surface area (Å²) >= 11 is 0. The molecule has 236 valence electrons. The van der Waals surface area contributed by atoms with Gasteiger partial charge in [0.25, 0.3) is 5.91 Å². The van der Waals surface area contributed by atoms with Gasteiger partial charge in [0.15, 0.2) is 0 Å². The van der Waals surface area contributed by atoms with Crippen molar-refractivity contribution in [2.75, 3.05) is 37.8 Å². The molecule has 42 heavy (non-hydrogen) atoms. The molecule has 1 saturated heterocycles. The molecule has 2 heterocycles. The van der Waals surface area contributed by atoms with E-state index < -0.39 is 21.1 Å². The summed E-state index contributed by atoms with van der Waals surface area (Å²) in [5.41, 5.74) is 13.3. The van der Waals surface area contributed by atoms with E-state index in [0.717, 1.165) is 54.8 Å². The Balaban J connectivity index is 1.54. The molecule has 1 aromatic rings. The van der Waals surface area contributed by atoms with E-state index >= 15 is 0 Å². The van der Waals surface area contributed by atoms with E-state index in [1.807, 2.05) is 26.0 Å². The van der Waals surface area contributed by atoms with Crippen molar-refractivity contribution in [2.24, 2.45) is 16.5 Å². The second-order valence-corrected chi connectivity index (χ2v) is 15.6. The van der Waals surface area contributed by atoms with Gasteiger partial charge in [-0.15, -0.1) is 9.53 Å². The van der Waals surface area contributed by atoms with Crippen LogP contribution < -0.4 is 21.7 Å².